The van der Waals surface area contributed by atoms with Crippen molar-refractivity contribution in [1.29, 1.82) is 0 Å². The van der Waals surface area contributed by atoms with Crippen LogP contribution in [0.1, 0.15) is 23.6 Å². The van der Waals surface area contributed by atoms with Crippen molar-refractivity contribution in [3.63, 3.8) is 0 Å². The Labute approximate surface area is 181 Å². The van der Waals surface area contributed by atoms with Gasteiger partial charge in [0.2, 0.25) is 0 Å². The van der Waals surface area contributed by atoms with Gasteiger partial charge in [0.1, 0.15) is 11.5 Å². The van der Waals surface area contributed by atoms with Gasteiger partial charge in [-0.25, -0.2) is 4.39 Å². The Morgan fingerprint density at radius 3 is 2.13 bits per heavy atom. The van der Waals surface area contributed by atoms with Gasteiger partial charge >= 0.3 is 0 Å². The molecule has 0 aromatic heterocycles. The number of aryl methyl sites for hydroxylation is 1. The lowest BCUT2D eigenvalue weighted by Gasteiger charge is -2.15. The van der Waals surface area contributed by atoms with Gasteiger partial charge in [-0.1, -0.05) is 61.5 Å². The fourth-order valence-corrected chi connectivity index (χ4v) is 3.63. The molecule has 0 unspecified atom stereocenters. The summed E-state index contributed by atoms with van der Waals surface area (Å²) in [6, 6.07) is 23.1. The molecule has 0 spiro atoms. The first-order chi connectivity index (χ1) is 15.1. The number of nitrogens with zero attached hydrogens (tertiary/aromatic N) is 1. The minimum Gasteiger partial charge on any atom is -0.350 e. The zero-order valence-corrected chi connectivity index (χ0v) is 17.3. The first-order valence-corrected chi connectivity index (χ1v) is 10.3. The molecule has 1 N–H and O–H groups in total. The van der Waals surface area contributed by atoms with Crippen molar-refractivity contribution < 1.29 is 14.0 Å². The number of halogens is 1. The quantitative estimate of drug-likeness (QED) is 0.564. The Balaban J connectivity index is 1.65. The van der Waals surface area contributed by atoms with Gasteiger partial charge in [-0.2, -0.15) is 0 Å². The highest BCUT2D eigenvalue weighted by molar-refractivity contribution is 6.36. The molecule has 3 aromatic carbocycles. The van der Waals surface area contributed by atoms with Crippen molar-refractivity contribution in [2.24, 2.45) is 0 Å². The van der Waals surface area contributed by atoms with Gasteiger partial charge in [0.15, 0.2) is 0 Å². The van der Waals surface area contributed by atoms with E-state index < -0.39 is 5.82 Å². The average molecular weight is 414 g/mol. The number of nitrogens with one attached hydrogen (secondary N) is 1. The van der Waals surface area contributed by atoms with Crippen LogP contribution in [0.3, 0.4) is 0 Å². The van der Waals surface area contributed by atoms with Gasteiger partial charge in [0, 0.05) is 12.2 Å². The molecule has 4 nitrogen and oxygen atoms in total. The molecule has 5 heteroatoms. The molecule has 0 atom stereocenters. The van der Waals surface area contributed by atoms with Crippen LogP contribution in [0, 0.1) is 5.82 Å². The standard InChI is InChI=1S/C26H23FN2O2/c1-2-18-8-14-22(15-9-18)28-24-23(20-10-12-21(27)13-11-20)25(30)29(26(24)31)17-16-19-6-4-3-5-7-19/h3-15,28H,2,16-17H2,1H3. The van der Waals surface area contributed by atoms with E-state index in [-0.39, 0.29) is 29.6 Å². The summed E-state index contributed by atoms with van der Waals surface area (Å²) in [6.45, 7) is 2.34. The molecule has 1 aliphatic rings. The van der Waals surface area contributed by atoms with E-state index in [9.17, 15) is 14.0 Å². The molecular formula is C26H23FN2O2. The summed E-state index contributed by atoms with van der Waals surface area (Å²) >= 11 is 0. The van der Waals surface area contributed by atoms with E-state index in [2.05, 4.69) is 12.2 Å². The monoisotopic (exact) mass is 414 g/mol. The van der Waals surface area contributed by atoms with Crippen LogP contribution in [0.2, 0.25) is 0 Å². The Morgan fingerprint density at radius 2 is 1.48 bits per heavy atom. The number of benzene rings is 3. The summed E-state index contributed by atoms with van der Waals surface area (Å²) in [5, 5.41) is 3.14. The number of anilines is 1. The second-order valence-electron chi connectivity index (χ2n) is 7.43. The summed E-state index contributed by atoms with van der Waals surface area (Å²) < 4.78 is 13.5. The summed E-state index contributed by atoms with van der Waals surface area (Å²) in [5.74, 6) is -1.15. The molecule has 156 valence electrons. The van der Waals surface area contributed by atoms with Crippen molar-refractivity contribution in [2.75, 3.05) is 11.9 Å². The first-order valence-electron chi connectivity index (χ1n) is 10.3. The Bertz CT molecular complexity index is 1120. The Hall–Kier alpha value is -3.73. The molecule has 1 heterocycles. The minimum atomic E-state index is -0.397. The van der Waals surface area contributed by atoms with Crippen LogP contribution in [-0.2, 0) is 22.4 Å². The van der Waals surface area contributed by atoms with E-state index in [1.165, 1.54) is 34.7 Å². The van der Waals surface area contributed by atoms with Gasteiger partial charge in [0.05, 0.1) is 5.57 Å². The summed E-state index contributed by atoms with van der Waals surface area (Å²) in [6.07, 6.45) is 1.47. The van der Waals surface area contributed by atoms with Crippen LogP contribution in [0.15, 0.2) is 84.6 Å². The average Bonchev–Trinajstić information content (AvgIpc) is 3.03. The highest BCUT2D eigenvalue weighted by Gasteiger charge is 2.38. The first kappa shape index (κ1) is 20.5. The van der Waals surface area contributed by atoms with E-state index in [1.807, 2.05) is 54.6 Å². The normalized spacial score (nSPS) is 13.8. The van der Waals surface area contributed by atoms with Crippen molar-refractivity contribution in [2.45, 2.75) is 19.8 Å². The van der Waals surface area contributed by atoms with E-state index >= 15 is 0 Å². The van der Waals surface area contributed by atoms with E-state index in [4.69, 9.17) is 0 Å². The highest BCUT2D eigenvalue weighted by atomic mass is 19.1. The predicted octanol–water partition coefficient (Wildman–Crippen LogP) is 4.82. The molecule has 0 saturated heterocycles. The maximum atomic E-state index is 13.5. The zero-order valence-electron chi connectivity index (χ0n) is 17.3. The lowest BCUT2D eigenvalue weighted by molar-refractivity contribution is -0.136. The van der Waals surface area contributed by atoms with Crippen molar-refractivity contribution in [1.82, 2.24) is 4.90 Å². The predicted molar refractivity (Wildman–Crippen MR) is 120 cm³/mol. The number of carbonyl (C=O) groups excluding carboxylic acids is 2. The highest BCUT2D eigenvalue weighted by Crippen LogP contribution is 2.31. The smallest absolute Gasteiger partial charge is 0.278 e. The Kier molecular flexibility index (Phi) is 5.94. The van der Waals surface area contributed by atoms with Crippen molar-refractivity contribution >= 4 is 23.1 Å². The van der Waals surface area contributed by atoms with E-state index in [0.717, 1.165) is 17.7 Å². The van der Waals surface area contributed by atoms with Crippen LogP contribution in [-0.4, -0.2) is 23.3 Å². The van der Waals surface area contributed by atoms with Gasteiger partial charge < -0.3 is 5.32 Å². The van der Waals surface area contributed by atoms with E-state index in [1.54, 1.807) is 0 Å². The molecule has 0 aliphatic carbocycles. The minimum absolute atomic E-state index is 0.217. The van der Waals surface area contributed by atoms with Crippen LogP contribution >= 0.6 is 0 Å². The van der Waals surface area contributed by atoms with E-state index in [0.29, 0.717) is 12.0 Å². The van der Waals surface area contributed by atoms with Gasteiger partial charge in [-0.05, 0) is 53.8 Å². The second-order valence-corrected chi connectivity index (χ2v) is 7.43. The molecular weight excluding hydrogens is 391 g/mol. The zero-order chi connectivity index (χ0) is 21.8. The van der Waals surface area contributed by atoms with Crippen molar-refractivity contribution in [3.05, 3.63) is 107 Å². The van der Waals surface area contributed by atoms with Gasteiger partial charge in [0.25, 0.3) is 11.8 Å². The van der Waals surface area contributed by atoms with Crippen LogP contribution in [0.5, 0.6) is 0 Å². The lowest BCUT2D eigenvalue weighted by atomic mass is 10.0. The van der Waals surface area contributed by atoms with Crippen molar-refractivity contribution in [3.8, 4) is 0 Å². The van der Waals surface area contributed by atoms with Crippen LogP contribution < -0.4 is 5.32 Å². The molecule has 0 saturated carbocycles. The molecule has 4 rings (SSSR count). The number of hydrogen-bond donors (Lipinski definition) is 1. The van der Waals surface area contributed by atoms with Crippen LogP contribution in [0.25, 0.3) is 5.57 Å². The summed E-state index contributed by atoms with van der Waals surface area (Å²) in [7, 11) is 0. The fourth-order valence-electron chi connectivity index (χ4n) is 3.63. The maximum Gasteiger partial charge on any atom is 0.278 e. The van der Waals surface area contributed by atoms with Crippen LogP contribution in [0.4, 0.5) is 10.1 Å². The third-order valence-electron chi connectivity index (χ3n) is 5.40. The molecule has 3 aromatic rings. The molecule has 0 fully saturated rings. The topological polar surface area (TPSA) is 49.4 Å². The maximum absolute atomic E-state index is 13.5. The number of hydrogen-bond acceptors (Lipinski definition) is 3. The number of amides is 2. The second kappa shape index (κ2) is 8.96. The molecule has 2 amide bonds. The molecule has 0 radical (unpaired) electrons. The molecule has 0 bridgehead atoms. The number of carbonyl (C=O) groups is 2. The third-order valence-corrected chi connectivity index (χ3v) is 5.40. The fraction of sp³-hybridized carbons (Fsp3) is 0.154. The SMILES string of the molecule is CCc1ccc(NC2=C(c3ccc(F)cc3)C(=O)N(CCc3ccccc3)C2=O)cc1. The number of imide groups is 1. The summed E-state index contributed by atoms with van der Waals surface area (Å²) in [4.78, 5) is 27.7. The van der Waals surface area contributed by atoms with Gasteiger partial charge in [-0.3, -0.25) is 14.5 Å². The number of rotatable bonds is 7. The largest absolute Gasteiger partial charge is 0.350 e. The summed E-state index contributed by atoms with van der Waals surface area (Å²) in [5.41, 5.74) is 3.93. The third kappa shape index (κ3) is 4.40. The lowest BCUT2D eigenvalue weighted by Crippen LogP contribution is -2.34. The molecule has 31 heavy (non-hydrogen) atoms. The van der Waals surface area contributed by atoms with Gasteiger partial charge in [-0.15, -0.1) is 0 Å². The molecule has 1 aliphatic heterocycles. The Morgan fingerprint density at radius 1 is 0.806 bits per heavy atom.